The van der Waals surface area contributed by atoms with Gasteiger partial charge >= 0.3 is 0 Å². The van der Waals surface area contributed by atoms with E-state index in [4.69, 9.17) is 10.5 Å². The van der Waals surface area contributed by atoms with Gasteiger partial charge in [-0.3, -0.25) is 0 Å². The van der Waals surface area contributed by atoms with Gasteiger partial charge < -0.3 is 15.6 Å². The third kappa shape index (κ3) is 2.95. The highest BCUT2D eigenvalue weighted by atomic mass is 32.1. The van der Waals surface area contributed by atoms with E-state index in [9.17, 15) is 5.11 Å². The van der Waals surface area contributed by atoms with Gasteiger partial charge in [0.2, 0.25) is 0 Å². The third-order valence-corrected chi connectivity index (χ3v) is 4.20. The molecule has 0 aliphatic rings. The molecule has 17 heavy (non-hydrogen) atoms. The van der Waals surface area contributed by atoms with Crippen molar-refractivity contribution in [3.63, 3.8) is 0 Å². The van der Waals surface area contributed by atoms with E-state index in [-0.39, 0.29) is 0 Å². The summed E-state index contributed by atoms with van der Waals surface area (Å²) in [5, 5.41) is 11.6. The minimum Gasteiger partial charge on any atom is -0.398 e. The van der Waals surface area contributed by atoms with E-state index in [0.717, 1.165) is 9.75 Å². The highest BCUT2D eigenvalue weighted by molar-refractivity contribution is 7.13. The summed E-state index contributed by atoms with van der Waals surface area (Å²) < 4.78 is 4.84. The molecule has 0 saturated carbocycles. The zero-order chi connectivity index (χ0) is 12.3. The molecule has 1 unspecified atom stereocenters. The van der Waals surface area contributed by atoms with E-state index in [1.54, 1.807) is 17.4 Å². The van der Waals surface area contributed by atoms with E-state index in [2.05, 4.69) is 0 Å². The molecule has 3 N–H and O–H groups in total. The van der Waals surface area contributed by atoms with Crippen molar-refractivity contribution in [2.45, 2.75) is 6.29 Å². The first kappa shape index (κ1) is 12.3. The number of nitrogens with two attached hydrogens (primary N) is 1. The molecule has 0 radical (unpaired) electrons. The number of rotatable bonds is 4. The zero-order valence-corrected chi connectivity index (χ0v) is 10.9. The molecule has 0 amide bonds. The van der Waals surface area contributed by atoms with Crippen molar-refractivity contribution in [3.8, 4) is 0 Å². The van der Waals surface area contributed by atoms with Crippen molar-refractivity contribution in [3.05, 3.63) is 38.2 Å². The van der Waals surface area contributed by atoms with Gasteiger partial charge in [0, 0.05) is 12.0 Å². The Morgan fingerprint density at radius 2 is 2.29 bits per heavy atom. The molecular formula is C12H13NO2S2. The second kappa shape index (κ2) is 5.46. The van der Waals surface area contributed by atoms with E-state index < -0.39 is 6.29 Å². The van der Waals surface area contributed by atoms with Crippen LogP contribution in [0.5, 0.6) is 0 Å². The number of methoxy groups -OCH3 is 1. The molecule has 2 heterocycles. The van der Waals surface area contributed by atoms with Gasteiger partial charge in [0.1, 0.15) is 0 Å². The Bertz CT molecular complexity index is 503. The van der Waals surface area contributed by atoms with Crippen LogP contribution in [0.4, 0.5) is 5.69 Å². The first-order valence-corrected chi connectivity index (χ1v) is 6.72. The summed E-state index contributed by atoms with van der Waals surface area (Å²) in [4.78, 5) is 2.83. The van der Waals surface area contributed by atoms with Crippen LogP contribution in [-0.4, -0.2) is 12.2 Å². The number of thiophene rings is 2. The average molecular weight is 267 g/mol. The number of hydrogen-bond acceptors (Lipinski definition) is 5. The van der Waals surface area contributed by atoms with Crippen LogP contribution in [0.15, 0.2) is 23.6 Å². The molecule has 2 rings (SSSR count). The number of hydrogen-bond donors (Lipinski definition) is 2. The summed E-state index contributed by atoms with van der Waals surface area (Å²) >= 11 is 3.10. The average Bonchev–Trinajstić information content (AvgIpc) is 2.95. The molecule has 0 saturated heterocycles. The largest absolute Gasteiger partial charge is 0.398 e. The van der Waals surface area contributed by atoms with Crippen LogP contribution in [0.1, 0.15) is 20.9 Å². The summed E-state index contributed by atoms with van der Waals surface area (Å²) in [5.74, 6) is 0. The van der Waals surface area contributed by atoms with Crippen molar-refractivity contribution in [1.29, 1.82) is 0 Å². The van der Waals surface area contributed by atoms with E-state index >= 15 is 0 Å². The Morgan fingerprint density at radius 1 is 1.47 bits per heavy atom. The Balaban J connectivity index is 2.19. The third-order valence-electron chi connectivity index (χ3n) is 2.22. The summed E-state index contributed by atoms with van der Waals surface area (Å²) in [6.45, 7) is 0. The fraction of sp³-hybridized carbons (Fsp3) is 0.167. The monoisotopic (exact) mass is 267 g/mol. The van der Waals surface area contributed by atoms with Crippen LogP contribution < -0.4 is 5.73 Å². The minimum atomic E-state index is -0.897. The molecule has 2 aromatic rings. The van der Waals surface area contributed by atoms with Gasteiger partial charge in [0.25, 0.3) is 0 Å². The summed E-state index contributed by atoms with van der Waals surface area (Å²) in [6, 6.07) is 5.78. The Labute approximate surface area is 108 Å². The molecule has 1 atom stereocenters. The van der Waals surface area contributed by atoms with Crippen molar-refractivity contribution in [2.24, 2.45) is 0 Å². The molecule has 0 aliphatic heterocycles. The predicted molar refractivity (Wildman–Crippen MR) is 73.9 cm³/mol. The first-order chi connectivity index (χ1) is 8.20. The Kier molecular flexibility index (Phi) is 3.96. The second-order valence-corrected chi connectivity index (χ2v) is 5.50. The quantitative estimate of drug-likeness (QED) is 0.836. The van der Waals surface area contributed by atoms with Crippen molar-refractivity contribution in [1.82, 2.24) is 0 Å². The van der Waals surface area contributed by atoms with Crippen LogP contribution in [0.2, 0.25) is 0 Å². The molecule has 5 heteroatoms. The second-order valence-electron chi connectivity index (χ2n) is 3.41. The predicted octanol–water partition coefficient (Wildman–Crippen LogP) is 3.20. The van der Waals surface area contributed by atoms with Crippen molar-refractivity contribution >= 4 is 40.5 Å². The van der Waals surface area contributed by atoms with Gasteiger partial charge in [-0.15, -0.1) is 22.7 Å². The molecule has 3 nitrogen and oxygen atoms in total. The molecule has 0 aliphatic carbocycles. The highest BCUT2D eigenvalue weighted by Crippen LogP contribution is 2.31. The minimum absolute atomic E-state index is 0.661. The molecule has 0 bridgehead atoms. The van der Waals surface area contributed by atoms with Crippen LogP contribution in [0, 0.1) is 0 Å². The number of aliphatic hydroxyl groups is 1. The lowest BCUT2D eigenvalue weighted by molar-refractivity contribution is -0.0743. The zero-order valence-electron chi connectivity index (χ0n) is 9.29. The lowest BCUT2D eigenvalue weighted by Gasteiger charge is -2.03. The van der Waals surface area contributed by atoms with Crippen LogP contribution in [0.25, 0.3) is 12.2 Å². The lowest BCUT2D eigenvalue weighted by atomic mass is 10.3. The Morgan fingerprint density at radius 3 is 2.94 bits per heavy atom. The summed E-state index contributed by atoms with van der Waals surface area (Å²) in [7, 11) is 1.46. The van der Waals surface area contributed by atoms with Crippen LogP contribution in [-0.2, 0) is 4.74 Å². The van der Waals surface area contributed by atoms with Crippen molar-refractivity contribution in [2.75, 3.05) is 12.8 Å². The van der Waals surface area contributed by atoms with Crippen LogP contribution in [0.3, 0.4) is 0 Å². The lowest BCUT2D eigenvalue weighted by Crippen LogP contribution is -1.95. The number of anilines is 1. The van der Waals surface area contributed by atoms with Gasteiger partial charge in [0.05, 0.1) is 15.4 Å². The number of nitrogen functional groups attached to an aromatic ring is 1. The highest BCUT2D eigenvalue weighted by Gasteiger charge is 2.11. The fourth-order valence-electron chi connectivity index (χ4n) is 1.35. The fourth-order valence-corrected chi connectivity index (χ4v) is 2.92. The number of ether oxygens (including phenoxy) is 1. The maximum absolute atomic E-state index is 9.53. The number of aliphatic hydroxyl groups excluding tert-OH is 1. The molecule has 0 spiro atoms. The molecule has 0 aromatic carbocycles. The van der Waals surface area contributed by atoms with Gasteiger partial charge in [0.15, 0.2) is 6.29 Å². The van der Waals surface area contributed by atoms with E-state index in [0.29, 0.717) is 5.69 Å². The standard InChI is InChI=1S/C12H13NO2S2/c1-15-12(14)11-7-9(13)10(17-11)5-4-8-3-2-6-16-8/h2-7,12,14H,13H2,1H3/b5-4+. The molecule has 90 valence electrons. The van der Waals surface area contributed by atoms with Gasteiger partial charge in [-0.05, 0) is 29.7 Å². The van der Waals surface area contributed by atoms with Gasteiger partial charge in [-0.2, -0.15) is 0 Å². The molecule has 0 fully saturated rings. The summed E-state index contributed by atoms with van der Waals surface area (Å²) in [5.41, 5.74) is 6.53. The van der Waals surface area contributed by atoms with Crippen molar-refractivity contribution < 1.29 is 9.84 Å². The van der Waals surface area contributed by atoms with Crippen LogP contribution >= 0.6 is 22.7 Å². The molecule has 2 aromatic heterocycles. The topological polar surface area (TPSA) is 55.5 Å². The van der Waals surface area contributed by atoms with Gasteiger partial charge in [-0.25, -0.2) is 0 Å². The normalized spacial score (nSPS) is 13.3. The van der Waals surface area contributed by atoms with E-state index in [1.807, 2.05) is 29.7 Å². The van der Waals surface area contributed by atoms with E-state index in [1.165, 1.54) is 23.3 Å². The smallest absolute Gasteiger partial charge is 0.190 e. The maximum atomic E-state index is 9.53. The molecular weight excluding hydrogens is 254 g/mol. The summed E-state index contributed by atoms with van der Waals surface area (Å²) in [6.07, 6.45) is 3.07. The first-order valence-electron chi connectivity index (χ1n) is 5.02. The Hall–Kier alpha value is -1.14. The maximum Gasteiger partial charge on any atom is 0.190 e. The van der Waals surface area contributed by atoms with Gasteiger partial charge in [-0.1, -0.05) is 6.07 Å². The SMILES string of the molecule is COC(O)c1cc(N)c(/C=C/c2cccs2)s1.